The molecule has 1 aromatic rings. The molecular formula is C11H14N2O3. The first-order chi connectivity index (χ1) is 7.70. The van der Waals surface area contributed by atoms with Gasteiger partial charge in [-0.15, -0.1) is 0 Å². The topological polar surface area (TPSA) is 74.4 Å². The van der Waals surface area contributed by atoms with Crippen LogP contribution in [0.1, 0.15) is 23.3 Å². The third-order valence-electron chi connectivity index (χ3n) is 2.47. The molecule has 1 amide bonds. The highest BCUT2D eigenvalue weighted by molar-refractivity contribution is 5.93. The Morgan fingerprint density at radius 2 is 2.38 bits per heavy atom. The molecule has 1 fully saturated rings. The molecule has 1 aliphatic rings. The van der Waals surface area contributed by atoms with E-state index in [0.717, 1.165) is 0 Å². The lowest BCUT2D eigenvalue weighted by Crippen LogP contribution is -2.15. The second-order valence-electron chi connectivity index (χ2n) is 3.84. The van der Waals surface area contributed by atoms with Gasteiger partial charge >= 0.3 is 0 Å². The quantitative estimate of drug-likeness (QED) is 0.805. The summed E-state index contributed by atoms with van der Waals surface area (Å²) in [5, 5.41) is 0. The van der Waals surface area contributed by atoms with Gasteiger partial charge in [0.2, 0.25) is 0 Å². The molecule has 5 nitrogen and oxygen atoms in total. The van der Waals surface area contributed by atoms with Gasteiger partial charge in [-0.05, 0) is 18.8 Å². The van der Waals surface area contributed by atoms with Crippen LogP contribution in [0.5, 0.6) is 11.5 Å². The molecule has 0 bridgehead atoms. The van der Waals surface area contributed by atoms with Crippen LogP contribution in [-0.2, 0) is 0 Å². The standard InChI is InChI=1S/C11H14N2O3/c1-15-8-4-9(16-6-7-2-3-7)10(11(12)14)13-5-8/h4-5,7H,2-3,6H2,1H3,(H2,12,14). The Morgan fingerprint density at radius 1 is 1.62 bits per heavy atom. The first-order valence-corrected chi connectivity index (χ1v) is 5.17. The van der Waals surface area contributed by atoms with Crippen molar-refractivity contribution in [1.82, 2.24) is 4.98 Å². The molecule has 16 heavy (non-hydrogen) atoms. The molecule has 1 saturated carbocycles. The Hall–Kier alpha value is -1.78. The molecule has 5 heteroatoms. The molecule has 1 heterocycles. The average molecular weight is 222 g/mol. The van der Waals surface area contributed by atoms with Crippen LogP contribution < -0.4 is 15.2 Å². The van der Waals surface area contributed by atoms with E-state index in [9.17, 15) is 4.79 Å². The van der Waals surface area contributed by atoms with Crippen LogP contribution in [-0.4, -0.2) is 24.6 Å². The molecule has 0 aromatic carbocycles. The van der Waals surface area contributed by atoms with Gasteiger partial charge in [-0.1, -0.05) is 0 Å². The number of primary amides is 1. The predicted molar refractivity (Wildman–Crippen MR) is 57.5 cm³/mol. The predicted octanol–water partition coefficient (Wildman–Crippen LogP) is 0.978. The van der Waals surface area contributed by atoms with Gasteiger partial charge in [0.1, 0.15) is 5.75 Å². The average Bonchev–Trinajstić information content (AvgIpc) is 3.09. The number of aromatic nitrogens is 1. The molecular weight excluding hydrogens is 208 g/mol. The molecule has 1 aromatic heterocycles. The number of hydrogen-bond acceptors (Lipinski definition) is 4. The number of amides is 1. The molecule has 2 rings (SSSR count). The van der Waals surface area contributed by atoms with Crippen molar-refractivity contribution in [3.63, 3.8) is 0 Å². The molecule has 0 spiro atoms. The molecule has 2 N–H and O–H groups in total. The van der Waals surface area contributed by atoms with Crippen molar-refractivity contribution in [2.24, 2.45) is 11.7 Å². The smallest absolute Gasteiger partial charge is 0.271 e. The maximum Gasteiger partial charge on any atom is 0.271 e. The molecule has 1 aliphatic carbocycles. The maximum absolute atomic E-state index is 11.1. The summed E-state index contributed by atoms with van der Waals surface area (Å²) < 4.78 is 10.5. The van der Waals surface area contributed by atoms with Crippen LogP contribution in [0.4, 0.5) is 0 Å². The Kier molecular flexibility index (Phi) is 2.94. The van der Waals surface area contributed by atoms with Crippen molar-refractivity contribution < 1.29 is 14.3 Å². The summed E-state index contributed by atoms with van der Waals surface area (Å²) in [5.74, 6) is 0.968. The minimum atomic E-state index is -0.589. The van der Waals surface area contributed by atoms with Gasteiger partial charge in [0, 0.05) is 6.07 Å². The van der Waals surface area contributed by atoms with Crippen molar-refractivity contribution in [1.29, 1.82) is 0 Å². The number of rotatable bonds is 5. The second-order valence-corrected chi connectivity index (χ2v) is 3.84. The molecule has 86 valence electrons. The highest BCUT2D eigenvalue weighted by atomic mass is 16.5. The maximum atomic E-state index is 11.1. The van der Waals surface area contributed by atoms with E-state index in [0.29, 0.717) is 24.0 Å². The van der Waals surface area contributed by atoms with Crippen LogP contribution in [0.25, 0.3) is 0 Å². The van der Waals surface area contributed by atoms with Gasteiger partial charge in [0.05, 0.1) is 19.9 Å². The first kappa shape index (κ1) is 10.7. The minimum absolute atomic E-state index is 0.154. The van der Waals surface area contributed by atoms with Crippen LogP contribution >= 0.6 is 0 Å². The van der Waals surface area contributed by atoms with Gasteiger partial charge in [-0.3, -0.25) is 4.79 Å². The van der Waals surface area contributed by atoms with E-state index in [1.54, 1.807) is 6.07 Å². The molecule has 0 radical (unpaired) electrons. The van der Waals surface area contributed by atoms with E-state index in [1.807, 2.05) is 0 Å². The molecule has 0 saturated heterocycles. The van der Waals surface area contributed by atoms with Crippen LogP contribution in [0.15, 0.2) is 12.3 Å². The summed E-state index contributed by atoms with van der Waals surface area (Å²) in [7, 11) is 1.53. The number of carbonyl (C=O) groups is 1. The number of carbonyl (C=O) groups excluding carboxylic acids is 1. The fourth-order valence-electron chi connectivity index (χ4n) is 1.33. The zero-order chi connectivity index (χ0) is 11.5. The van der Waals surface area contributed by atoms with Gasteiger partial charge < -0.3 is 15.2 Å². The largest absolute Gasteiger partial charge is 0.495 e. The first-order valence-electron chi connectivity index (χ1n) is 5.17. The van der Waals surface area contributed by atoms with Crippen LogP contribution in [0, 0.1) is 5.92 Å². The van der Waals surface area contributed by atoms with Crippen molar-refractivity contribution in [2.75, 3.05) is 13.7 Å². The fraction of sp³-hybridized carbons (Fsp3) is 0.455. The fourth-order valence-corrected chi connectivity index (χ4v) is 1.33. The van der Waals surface area contributed by atoms with Gasteiger partial charge in [-0.2, -0.15) is 0 Å². The summed E-state index contributed by atoms with van der Waals surface area (Å²) in [4.78, 5) is 15.0. The monoisotopic (exact) mass is 222 g/mol. The highest BCUT2D eigenvalue weighted by Crippen LogP contribution is 2.30. The summed E-state index contributed by atoms with van der Waals surface area (Å²) in [5.41, 5.74) is 5.36. The van der Waals surface area contributed by atoms with Crippen molar-refractivity contribution in [3.8, 4) is 11.5 Å². The zero-order valence-electron chi connectivity index (χ0n) is 9.10. The van der Waals surface area contributed by atoms with Gasteiger partial charge in [-0.25, -0.2) is 4.98 Å². The number of hydrogen-bond donors (Lipinski definition) is 1. The van der Waals surface area contributed by atoms with Gasteiger partial charge in [0.15, 0.2) is 11.4 Å². The van der Waals surface area contributed by atoms with E-state index >= 15 is 0 Å². The van der Waals surface area contributed by atoms with E-state index < -0.39 is 5.91 Å². The number of nitrogens with two attached hydrogens (primary N) is 1. The Labute approximate surface area is 93.6 Å². The summed E-state index contributed by atoms with van der Waals surface area (Å²) >= 11 is 0. The SMILES string of the molecule is COc1cnc(C(N)=O)c(OCC2CC2)c1. The number of ether oxygens (including phenoxy) is 2. The van der Waals surface area contributed by atoms with Gasteiger partial charge in [0.25, 0.3) is 5.91 Å². The lowest BCUT2D eigenvalue weighted by molar-refractivity contribution is 0.0990. The Bertz CT molecular complexity index is 402. The number of pyridine rings is 1. The van der Waals surface area contributed by atoms with Crippen LogP contribution in [0.2, 0.25) is 0 Å². The minimum Gasteiger partial charge on any atom is -0.495 e. The van der Waals surface area contributed by atoms with Crippen molar-refractivity contribution in [2.45, 2.75) is 12.8 Å². The summed E-state index contributed by atoms with van der Waals surface area (Å²) in [6.45, 7) is 0.606. The van der Waals surface area contributed by atoms with E-state index in [4.69, 9.17) is 15.2 Å². The van der Waals surface area contributed by atoms with Crippen LogP contribution in [0.3, 0.4) is 0 Å². The highest BCUT2D eigenvalue weighted by Gasteiger charge is 2.23. The van der Waals surface area contributed by atoms with E-state index in [2.05, 4.69) is 4.98 Å². The molecule has 0 unspecified atom stereocenters. The second kappa shape index (κ2) is 4.38. The number of nitrogens with zero attached hydrogens (tertiary/aromatic N) is 1. The van der Waals surface area contributed by atoms with E-state index in [1.165, 1.54) is 26.1 Å². The molecule has 0 aliphatic heterocycles. The van der Waals surface area contributed by atoms with Crippen molar-refractivity contribution in [3.05, 3.63) is 18.0 Å². The van der Waals surface area contributed by atoms with Crippen molar-refractivity contribution >= 4 is 5.91 Å². The third-order valence-corrected chi connectivity index (χ3v) is 2.47. The summed E-state index contributed by atoms with van der Waals surface area (Å²) in [6, 6.07) is 1.63. The number of methoxy groups -OCH3 is 1. The summed E-state index contributed by atoms with van der Waals surface area (Å²) in [6.07, 6.45) is 3.82. The molecule has 0 atom stereocenters. The zero-order valence-corrected chi connectivity index (χ0v) is 9.10. The third kappa shape index (κ3) is 2.42. The normalized spacial score (nSPS) is 14.6. The Balaban J connectivity index is 2.18. The lowest BCUT2D eigenvalue weighted by Gasteiger charge is -2.09. The Morgan fingerprint density at radius 3 is 2.94 bits per heavy atom. The van der Waals surface area contributed by atoms with E-state index in [-0.39, 0.29) is 5.69 Å². The lowest BCUT2D eigenvalue weighted by atomic mass is 10.3.